The van der Waals surface area contributed by atoms with Gasteiger partial charge in [-0.2, -0.15) is 0 Å². The molecule has 1 rings (SSSR count). The van der Waals surface area contributed by atoms with Crippen molar-refractivity contribution >= 4 is 17.9 Å². The van der Waals surface area contributed by atoms with Crippen molar-refractivity contribution in [2.45, 2.75) is 288 Å². The van der Waals surface area contributed by atoms with Gasteiger partial charge in [-0.3, -0.25) is 9.59 Å². The number of esters is 2. The number of aliphatic hydroxyl groups is 3. The summed E-state index contributed by atoms with van der Waals surface area (Å²) < 4.78 is 21.9. The third kappa shape index (κ3) is 38.5. The molecule has 1 heterocycles. The summed E-state index contributed by atoms with van der Waals surface area (Å²) >= 11 is 0. The second kappa shape index (κ2) is 47.5. The lowest BCUT2D eigenvalue weighted by atomic mass is 9.99. The van der Waals surface area contributed by atoms with Crippen LogP contribution in [0.15, 0.2) is 48.6 Å². The Morgan fingerprint density at radius 2 is 0.855 bits per heavy atom. The number of carbonyl (C=O) groups excluding carboxylic acids is 2. The summed E-state index contributed by atoms with van der Waals surface area (Å²) in [6.45, 7) is 3.74. The first-order chi connectivity index (χ1) is 33.7. The molecule has 0 aliphatic carbocycles. The Morgan fingerprint density at radius 3 is 1.29 bits per heavy atom. The molecule has 0 aromatic carbocycles. The number of unbranched alkanes of at least 4 members (excludes halogenated alkanes) is 29. The fraction of sp³-hybridized carbons (Fsp3) is 0.810. The molecule has 0 aromatic heterocycles. The number of allylic oxidation sites excluding steroid dienone is 8. The van der Waals surface area contributed by atoms with Crippen LogP contribution in [0.2, 0.25) is 0 Å². The van der Waals surface area contributed by atoms with Crippen molar-refractivity contribution in [1.82, 2.24) is 0 Å². The summed E-state index contributed by atoms with van der Waals surface area (Å²) in [6.07, 6.45) is 50.2. The second-order valence-corrected chi connectivity index (χ2v) is 19.4. The van der Waals surface area contributed by atoms with E-state index in [1.54, 1.807) is 0 Å². The molecular weight excluding hydrogens is 873 g/mol. The van der Waals surface area contributed by atoms with E-state index in [1.165, 1.54) is 141 Å². The minimum Gasteiger partial charge on any atom is -0.479 e. The van der Waals surface area contributed by atoms with Crippen molar-refractivity contribution in [1.29, 1.82) is 0 Å². The van der Waals surface area contributed by atoms with Crippen molar-refractivity contribution in [3.63, 3.8) is 0 Å². The van der Waals surface area contributed by atoms with E-state index in [2.05, 4.69) is 62.5 Å². The fourth-order valence-corrected chi connectivity index (χ4v) is 8.58. The fourth-order valence-electron chi connectivity index (χ4n) is 8.58. The lowest BCUT2D eigenvalue weighted by Crippen LogP contribution is -2.60. The standard InChI is InChI=1S/C58H102O11/c1-3-5-7-9-11-13-15-17-19-21-23-25-27-29-31-33-35-37-39-41-43-45-47-52(60)68-50(49-67-58-55(63)53(61)54(62)56(69-58)57(64)65)48-66-51(59)46-44-42-40-38-36-34-32-30-28-26-24-22-20-18-16-14-12-10-8-6-4-2/h6,8,12,14,18,20,24,26,50,53-56,58,61-63H,3-5,7,9-11,13,15-17,19,21-23,25,27-49H2,1-2H3,(H,64,65)/b8-6-,14-12-,20-18-,26-24-. The van der Waals surface area contributed by atoms with Crippen LogP contribution in [0.4, 0.5) is 0 Å². The van der Waals surface area contributed by atoms with Gasteiger partial charge in [-0.05, 0) is 51.4 Å². The van der Waals surface area contributed by atoms with Gasteiger partial charge in [0.1, 0.15) is 24.9 Å². The van der Waals surface area contributed by atoms with E-state index in [0.717, 1.165) is 70.6 Å². The molecule has 1 aliphatic rings. The molecule has 0 spiro atoms. The second-order valence-electron chi connectivity index (χ2n) is 19.4. The van der Waals surface area contributed by atoms with E-state index in [1.807, 2.05) is 0 Å². The molecule has 0 saturated carbocycles. The Balaban J connectivity index is 2.25. The van der Waals surface area contributed by atoms with E-state index in [-0.39, 0.29) is 19.4 Å². The van der Waals surface area contributed by atoms with Gasteiger partial charge in [-0.25, -0.2) is 4.79 Å². The summed E-state index contributed by atoms with van der Waals surface area (Å²) in [5, 5.41) is 40.0. The predicted molar refractivity (Wildman–Crippen MR) is 280 cm³/mol. The normalized spacial score (nSPS) is 19.1. The predicted octanol–water partition coefficient (Wildman–Crippen LogP) is 14.0. The number of hydrogen-bond donors (Lipinski definition) is 4. The van der Waals surface area contributed by atoms with Gasteiger partial charge in [-0.1, -0.05) is 236 Å². The Labute approximate surface area is 420 Å². The maximum absolute atomic E-state index is 12.9. The van der Waals surface area contributed by atoms with Crippen LogP contribution in [0.1, 0.15) is 251 Å². The highest BCUT2D eigenvalue weighted by molar-refractivity contribution is 5.73. The molecule has 6 atom stereocenters. The number of carboxylic acids is 1. The molecular formula is C58H102O11. The molecule has 0 amide bonds. The summed E-state index contributed by atoms with van der Waals surface area (Å²) in [5.41, 5.74) is 0. The third-order valence-corrected chi connectivity index (χ3v) is 12.9. The molecule has 69 heavy (non-hydrogen) atoms. The number of carboxylic acid groups (broad SMARTS) is 1. The molecule has 400 valence electrons. The monoisotopic (exact) mass is 975 g/mol. The molecule has 4 N–H and O–H groups in total. The van der Waals surface area contributed by atoms with Gasteiger partial charge in [0, 0.05) is 12.8 Å². The number of rotatable bonds is 48. The third-order valence-electron chi connectivity index (χ3n) is 12.9. The van der Waals surface area contributed by atoms with Crippen molar-refractivity contribution in [3.05, 3.63) is 48.6 Å². The molecule has 11 nitrogen and oxygen atoms in total. The lowest BCUT2D eigenvalue weighted by molar-refractivity contribution is -0.298. The van der Waals surface area contributed by atoms with Gasteiger partial charge in [-0.15, -0.1) is 0 Å². The van der Waals surface area contributed by atoms with E-state index < -0.39 is 61.3 Å². The van der Waals surface area contributed by atoms with Crippen LogP contribution in [0.3, 0.4) is 0 Å². The smallest absolute Gasteiger partial charge is 0.335 e. The molecule has 0 aromatic rings. The topological polar surface area (TPSA) is 169 Å². The van der Waals surface area contributed by atoms with Crippen LogP contribution in [-0.2, 0) is 33.3 Å². The highest BCUT2D eigenvalue weighted by Crippen LogP contribution is 2.23. The molecule has 0 bridgehead atoms. The number of ether oxygens (including phenoxy) is 4. The Kier molecular flexibility index (Phi) is 44.2. The zero-order valence-electron chi connectivity index (χ0n) is 43.8. The number of aliphatic hydroxyl groups excluding tert-OH is 3. The summed E-state index contributed by atoms with van der Waals surface area (Å²) in [7, 11) is 0. The zero-order valence-corrected chi connectivity index (χ0v) is 43.8. The average Bonchev–Trinajstić information content (AvgIpc) is 3.34. The molecule has 6 unspecified atom stereocenters. The first kappa shape index (κ1) is 64.2. The van der Waals surface area contributed by atoms with Crippen LogP contribution >= 0.6 is 0 Å². The molecule has 1 fully saturated rings. The van der Waals surface area contributed by atoms with Gasteiger partial charge >= 0.3 is 17.9 Å². The van der Waals surface area contributed by atoms with Crippen LogP contribution in [-0.4, -0.2) is 88.4 Å². The van der Waals surface area contributed by atoms with Crippen LogP contribution < -0.4 is 0 Å². The first-order valence-corrected chi connectivity index (χ1v) is 28.2. The molecule has 1 aliphatic heterocycles. The van der Waals surface area contributed by atoms with Gasteiger partial charge in [0.15, 0.2) is 18.5 Å². The molecule has 1 saturated heterocycles. The van der Waals surface area contributed by atoms with Crippen molar-refractivity contribution in [2.75, 3.05) is 13.2 Å². The van der Waals surface area contributed by atoms with E-state index in [9.17, 15) is 34.8 Å². The number of carbonyl (C=O) groups is 3. The first-order valence-electron chi connectivity index (χ1n) is 28.2. The van der Waals surface area contributed by atoms with Crippen molar-refractivity contribution in [3.8, 4) is 0 Å². The highest BCUT2D eigenvalue weighted by Gasteiger charge is 2.47. The summed E-state index contributed by atoms with van der Waals surface area (Å²) in [5.74, 6) is -2.44. The van der Waals surface area contributed by atoms with Crippen LogP contribution in [0.25, 0.3) is 0 Å². The van der Waals surface area contributed by atoms with Crippen LogP contribution in [0, 0.1) is 0 Å². The van der Waals surface area contributed by atoms with Crippen molar-refractivity contribution < 1.29 is 53.8 Å². The van der Waals surface area contributed by atoms with Gasteiger partial charge < -0.3 is 39.4 Å². The Morgan fingerprint density at radius 1 is 0.464 bits per heavy atom. The van der Waals surface area contributed by atoms with Gasteiger partial charge in [0.05, 0.1) is 6.61 Å². The quantitative estimate of drug-likeness (QED) is 0.0260. The Hall–Kier alpha value is -2.83. The lowest BCUT2D eigenvalue weighted by Gasteiger charge is -2.38. The SMILES string of the molecule is CC/C=C\C/C=C\C/C=C\C/C=C\CCCCCCCCCCC(=O)OCC(COC1OC(C(=O)O)C(O)C(O)C1O)OC(=O)CCCCCCCCCCCCCCCCCCCCCCCC. The van der Waals surface area contributed by atoms with E-state index in [4.69, 9.17) is 18.9 Å². The largest absolute Gasteiger partial charge is 0.479 e. The average molecular weight is 975 g/mol. The minimum atomic E-state index is -1.86. The van der Waals surface area contributed by atoms with Crippen LogP contribution in [0.5, 0.6) is 0 Å². The van der Waals surface area contributed by atoms with E-state index >= 15 is 0 Å². The minimum absolute atomic E-state index is 0.184. The highest BCUT2D eigenvalue weighted by atomic mass is 16.7. The maximum atomic E-state index is 12.9. The molecule has 0 radical (unpaired) electrons. The number of aliphatic carboxylic acids is 1. The van der Waals surface area contributed by atoms with Gasteiger partial charge in [0.2, 0.25) is 0 Å². The maximum Gasteiger partial charge on any atom is 0.335 e. The van der Waals surface area contributed by atoms with E-state index in [0.29, 0.717) is 12.8 Å². The van der Waals surface area contributed by atoms with Gasteiger partial charge in [0.25, 0.3) is 0 Å². The summed E-state index contributed by atoms with van der Waals surface area (Å²) in [4.78, 5) is 37.1. The number of hydrogen-bond acceptors (Lipinski definition) is 10. The Bertz CT molecular complexity index is 1330. The summed E-state index contributed by atoms with van der Waals surface area (Å²) in [6, 6.07) is 0. The molecule has 11 heteroatoms. The zero-order chi connectivity index (χ0) is 50.3. The van der Waals surface area contributed by atoms with Crippen molar-refractivity contribution in [2.24, 2.45) is 0 Å².